The molecular weight excluding hydrogens is 174 g/mol. The van der Waals surface area contributed by atoms with E-state index in [-0.39, 0.29) is 0 Å². The Morgan fingerprint density at radius 1 is 1.21 bits per heavy atom. The summed E-state index contributed by atoms with van der Waals surface area (Å²) < 4.78 is 5.64. The second-order valence-corrected chi connectivity index (χ2v) is 3.74. The van der Waals surface area contributed by atoms with E-state index in [9.17, 15) is 0 Å². The third-order valence-electron chi connectivity index (χ3n) is 2.55. The molecule has 0 spiro atoms. The molecule has 0 radical (unpaired) electrons. The smallest absolute Gasteiger partial charge is 0.0823 e. The Morgan fingerprint density at radius 2 is 2.00 bits per heavy atom. The van der Waals surface area contributed by atoms with Crippen molar-refractivity contribution in [2.24, 2.45) is 0 Å². The minimum atomic E-state index is 0.478. The first kappa shape index (κ1) is 9.69. The van der Waals surface area contributed by atoms with Crippen molar-refractivity contribution in [1.82, 2.24) is 5.32 Å². The number of rotatable bonds is 5. The Balaban J connectivity index is 1.58. The van der Waals surface area contributed by atoms with E-state index in [2.05, 4.69) is 35.6 Å². The maximum Gasteiger partial charge on any atom is 0.0823 e. The average Bonchev–Trinajstić information content (AvgIpc) is 2.16. The summed E-state index contributed by atoms with van der Waals surface area (Å²) in [6, 6.07) is 10.6. The molecule has 1 N–H and O–H groups in total. The van der Waals surface area contributed by atoms with E-state index in [0.29, 0.717) is 6.10 Å². The Hall–Kier alpha value is -0.860. The molecule has 0 saturated carbocycles. The second-order valence-electron chi connectivity index (χ2n) is 3.74. The number of hydrogen-bond donors (Lipinski definition) is 1. The molecule has 0 atom stereocenters. The molecule has 0 aromatic heterocycles. The molecule has 1 aromatic rings. The Bertz CT molecular complexity index is 256. The minimum Gasteiger partial charge on any atom is -0.376 e. The lowest BCUT2D eigenvalue weighted by atomic mass is 10.1. The topological polar surface area (TPSA) is 21.3 Å². The van der Waals surface area contributed by atoms with Gasteiger partial charge in [-0.1, -0.05) is 30.3 Å². The van der Waals surface area contributed by atoms with Gasteiger partial charge in [0, 0.05) is 19.7 Å². The van der Waals surface area contributed by atoms with Crippen LogP contribution in [0.15, 0.2) is 30.3 Å². The zero-order valence-electron chi connectivity index (χ0n) is 8.41. The largest absolute Gasteiger partial charge is 0.376 e. The zero-order chi connectivity index (χ0) is 9.64. The number of benzene rings is 1. The Morgan fingerprint density at radius 3 is 2.64 bits per heavy atom. The van der Waals surface area contributed by atoms with Gasteiger partial charge in [0.15, 0.2) is 0 Å². The molecular formula is C12H17NO. The van der Waals surface area contributed by atoms with Crippen molar-refractivity contribution >= 4 is 0 Å². The highest BCUT2D eigenvalue weighted by molar-refractivity contribution is 5.14. The van der Waals surface area contributed by atoms with Gasteiger partial charge in [0.05, 0.1) is 6.10 Å². The fourth-order valence-corrected chi connectivity index (χ4v) is 1.55. The fourth-order valence-electron chi connectivity index (χ4n) is 1.55. The molecule has 0 aliphatic carbocycles. The van der Waals surface area contributed by atoms with Gasteiger partial charge in [0.2, 0.25) is 0 Å². The molecule has 0 bridgehead atoms. The maximum atomic E-state index is 5.64. The summed E-state index contributed by atoms with van der Waals surface area (Å²) in [6.45, 7) is 2.96. The van der Waals surface area contributed by atoms with Crippen molar-refractivity contribution in [3.05, 3.63) is 35.9 Å². The predicted octanol–water partition coefficient (Wildman–Crippen LogP) is 1.61. The molecule has 14 heavy (non-hydrogen) atoms. The van der Waals surface area contributed by atoms with Gasteiger partial charge in [-0.3, -0.25) is 0 Å². The summed E-state index contributed by atoms with van der Waals surface area (Å²) in [4.78, 5) is 0. The van der Waals surface area contributed by atoms with Crippen molar-refractivity contribution in [1.29, 1.82) is 0 Å². The van der Waals surface area contributed by atoms with Crippen LogP contribution in [0.3, 0.4) is 0 Å². The third-order valence-corrected chi connectivity index (χ3v) is 2.55. The quantitative estimate of drug-likeness (QED) is 0.714. The molecule has 1 aliphatic heterocycles. The summed E-state index contributed by atoms with van der Waals surface area (Å²) >= 11 is 0. The molecule has 0 amide bonds. The van der Waals surface area contributed by atoms with Crippen LogP contribution in [0.2, 0.25) is 0 Å². The number of aryl methyl sites for hydroxylation is 1. The molecule has 0 unspecified atom stereocenters. The minimum absolute atomic E-state index is 0.478. The van der Waals surface area contributed by atoms with E-state index in [1.165, 1.54) is 5.56 Å². The van der Waals surface area contributed by atoms with E-state index < -0.39 is 0 Å². The highest BCUT2D eigenvalue weighted by atomic mass is 16.5. The van der Waals surface area contributed by atoms with Crippen LogP contribution in [0.1, 0.15) is 12.0 Å². The molecule has 2 rings (SSSR count). The van der Waals surface area contributed by atoms with Crippen molar-refractivity contribution in [3.63, 3.8) is 0 Å². The van der Waals surface area contributed by atoms with Crippen LogP contribution in [0, 0.1) is 0 Å². The van der Waals surface area contributed by atoms with Gasteiger partial charge in [0.1, 0.15) is 0 Å². The van der Waals surface area contributed by atoms with Gasteiger partial charge in [-0.2, -0.15) is 0 Å². The van der Waals surface area contributed by atoms with E-state index >= 15 is 0 Å². The van der Waals surface area contributed by atoms with Crippen LogP contribution in [-0.2, 0) is 11.2 Å². The molecule has 1 aromatic carbocycles. The van der Waals surface area contributed by atoms with Gasteiger partial charge < -0.3 is 10.1 Å². The van der Waals surface area contributed by atoms with Gasteiger partial charge in [-0.25, -0.2) is 0 Å². The predicted molar refractivity (Wildman–Crippen MR) is 57.4 cm³/mol. The van der Waals surface area contributed by atoms with Gasteiger partial charge >= 0.3 is 0 Å². The van der Waals surface area contributed by atoms with Crippen molar-refractivity contribution in [3.8, 4) is 0 Å². The first-order chi connectivity index (χ1) is 6.95. The average molecular weight is 191 g/mol. The molecule has 1 aliphatic rings. The van der Waals surface area contributed by atoms with Gasteiger partial charge in [0.25, 0.3) is 0 Å². The van der Waals surface area contributed by atoms with E-state index in [4.69, 9.17) is 4.74 Å². The summed E-state index contributed by atoms with van der Waals surface area (Å²) in [5, 5.41) is 3.19. The number of hydrogen-bond acceptors (Lipinski definition) is 2. The van der Waals surface area contributed by atoms with Crippen LogP contribution in [0.4, 0.5) is 0 Å². The Labute approximate surface area is 85.3 Å². The summed E-state index contributed by atoms with van der Waals surface area (Å²) in [7, 11) is 0. The lowest BCUT2D eigenvalue weighted by Crippen LogP contribution is -2.48. The second kappa shape index (κ2) is 5.13. The van der Waals surface area contributed by atoms with Crippen molar-refractivity contribution < 1.29 is 4.74 Å². The monoisotopic (exact) mass is 191 g/mol. The summed E-state index contributed by atoms with van der Waals surface area (Å²) in [6.07, 6.45) is 2.73. The lowest BCUT2D eigenvalue weighted by molar-refractivity contribution is 0.0179. The highest BCUT2D eigenvalue weighted by Gasteiger charge is 2.15. The van der Waals surface area contributed by atoms with Crippen molar-refractivity contribution in [2.45, 2.75) is 18.9 Å². The van der Waals surface area contributed by atoms with Gasteiger partial charge in [-0.05, 0) is 18.4 Å². The molecule has 1 fully saturated rings. The molecule has 76 valence electrons. The highest BCUT2D eigenvalue weighted by Crippen LogP contribution is 2.04. The summed E-state index contributed by atoms with van der Waals surface area (Å²) in [5.74, 6) is 0. The number of nitrogens with one attached hydrogen (secondary N) is 1. The first-order valence-corrected chi connectivity index (χ1v) is 5.31. The summed E-state index contributed by atoms with van der Waals surface area (Å²) in [5.41, 5.74) is 1.41. The van der Waals surface area contributed by atoms with E-state index in [0.717, 1.165) is 32.5 Å². The lowest BCUT2D eigenvalue weighted by Gasteiger charge is -2.27. The van der Waals surface area contributed by atoms with Crippen molar-refractivity contribution in [2.75, 3.05) is 19.7 Å². The normalized spacial score (nSPS) is 16.6. The zero-order valence-corrected chi connectivity index (χ0v) is 8.41. The molecule has 1 saturated heterocycles. The van der Waals surface area contributed by atoms with Crippen LogP contribution in [-0.4, -0.2) is 25.8 Å². The van der Waals surface area contributed by atoms with Crippen LogP contribution in [0.25, 0.3) is 0 Å². The van der Waals surface area contributed by atoms with Crippen LogP contribution >= 0.6 is 0 Å². The SMILES string of the molecule is c1ccc(CCCOC2CNC2)cc1. The third kappa shape index (κ3) is 2.82. The standard InChI is InChI=1S/C12H17NO/c1-2-5-11(6-3-1)7-4-8-14-12-9-13-10-12/h1-3,5-6,12-13H,4,7-10H2. The fraction of sp³-hybridized carbons (Fsp3) is 0.500. The van der Waals surface area contributed by atoms with E-state index in [1.807, 2.05) is 0 Å². The Kier molecular flexibility index (Phi) is 3.55. The molecule has 2 heteroatoms. The maximum absolute atomic E-state index is 5.64. The van der Waals surface area contributed by atoms with Crippen LogP contribution in [0.5, 0.6) is 0 Å². The molecule has 2 nitrogen and oxygen atoms in total. The van der Waals surface area contributed by atoms with E-state index in [1.54, 1.807) is 0 Å². The molecule has 1 heterocycles. The number of ether oxygens (including phenoxy) is 1. The van der Waals surface area contributed by atoms with Gasteiger partial charge in [-0.15, -0.1) is 0 Å². The van der Waals surface area contributed by atoms with Crippen LogP contribution < -0.4 is 5.32 Å². The first-order valence-electron chi connectivity index (χ1n) is 5.31.